The highest BCUT2D eigenvalue weighted by Crippen LogP contribution is 2.39. The average molecular weight is 220 g/mol. The molecule has 72 valence electrons. The van der Waals surface area contributed by atoms with E-state index in [2.05, 4.69) is 5.32 Å². The number of halogens is 2. The molecule has 1 unspecified atom stereocenters. The van der Waals surface area contributed by atoms with Gasteiger partial charge in [-0.1, -0.05) is 11.6 Å². The van der Waals surface area contributed by atoms with Crippen LogP contribution in [0.2, 0.25) is 4.34 Å². The van der Waals surface area contributed by atoms with Crippen LogP contribution in [-0.4, -0.2) is 13.1 Å². The van der Waals surface area contributed by atoms with Crippen molar-refractivity contribution in [2.45, 2.75) is 18.5 Å². The summed E-state index contributed by atoms with van der Waals surface area (Å²) in [6.45, 7) is 1.30. The van der Waals surface area contributed by atoms with Crippen LogP contribution in [0.3, 0.4) is 0 Å². The largest absolute Gasteiger partial charge is 0.313 e. The van der Waals surface area contributed by atoms with E-state index in [1.165, 1.54) is 11.3 Å². The average Bonchev–Trinajstić information content (AvgIpc) is 2.53. The van der Waals surface area contributed by atoms with Crippen molar-refractivity contribution in [3.05, 3.63) is 21.3 Å². The van der Waals surface area contributed by atoms with Gasteiger partial charge < -0.3 is 5.32 Å². The number of alkyl halides is 1. The lowest BCUT2D eigenvalue weighted by Gasteiger charge is -2.29. The van der Waals surface area contributed by atoms with Crippen LogP contribution in [0.5, 0.6) is 0 Å². The van der Waals surface area contributed by atoms with Crippen molar-refractivity contribution < 1.29 is 4.39 Å². The van der Waals surface area contributed by atoms with Crippen molar-refractivity contribution in [2.75, 3.05) is 13.1 Å². The first kappa shape index (κ1) is 9.44. The first-order valence-electron chi connectivity index (χ1n) is 4.35. The summed E-state index contributed by atoms with van der Waals surface area (Å²) in [7, 11) is 0. The first-order valence-corrected chi connectivity index (χ1v) is 5.61. The Morgan fingerprint density at radius 2 is 2.46 bits per heavy atom. The van der Waals surface area contributed by atoms with Crippen LogP contribution >= 0.6 is 22.9 Å². The van der Waals surface area contributed by atoms with Crippen molar-refractivity contribution in [1.29, 1.82) is 0 Å². The number of rotatable bonds is 1. The van der Waals surface area contributed by atoms with E-state index in [1.807, 2.05) is 5.38 Å². The minimum Gasteiger partial charge on any atom is -0.313 e. The lowest BCUT2D eigenvalue weighted by Crippen LogP contribution is -2.39. The molecular formula is C9H11ClFNS. The molecule has 1 aliphatic heterocycles. The van der Waals surface area contributed by atoms with E-state index in [4.69, 9.17) is 11.6 Å². The molecule has 1 aromatic rings. The maximum absolute atomic E-state index is 14.3. The van der Waals surface area contributed by atoms with E-state index < -0.39 is 5.67 Å². The van der Waals surface area contributed by atoms with Crippen LogP contribution in [-0.2, 0) is 5.67 Å². The van der Waals surface area contributed by atoms with Crippen LogP contribution in [0.4, 0.5) is 4.39 Å². The SMILES string of the molecule is FC1(c2ccsc2Cl)CCCNC1. The third-order valence-corrected chi connectivity index (χ3v) is 3.60. The van der Waals surface area contributed by atoms with Gasteiger partial charge in [-0.2, -0.15) is 0 Å². The normalized spacial score (nSPS) is 29.1. The topological polar surface area (TPSA) is 12.0 Å². The predicted molar refractivity (Wildman–Crippen MR) is 54.2 cm³/mol. The van der Waals surface area contributed by atoms with Crippen molar-refractivity contribution in [3.63, 3.8) is 0 Å². The molecular weight excluding hydrogens is 209 g/mol. The van der Waals surface area contributed by atoms with Crippen molar-refractivity contribution in [1.82, 2.24) is 5.32 Å². The second-order valence-corrected chi connectivity index (χ2v) is 4.87. The molecule has 0 radical (unpaired) electrons. The number of hydrogen-bond acceptors (Lipinski definition) is 2. The van der Waals surface area contributed by atoms with E-state index >= 15 is 0 Å². The Morgan fingerprint density at radius 1 is 1.62 bits per heavy atom. The number of thiophene rings is 1. The fourth-order valence-corrected chi connectivity index (χ4v) is 2.80. The number of nitrogens with one attached hydrogen (secondary N) is 1. The van der Waals surface area contributed by atoms with Gasteiger partial charge in [0.2, 0.25) is 0 Å². The van der Waals surface area contributed by atoms with Gasteiger partial charge in [-0.25, -0.2) is 4.39 Å². The van der Waals surface area contributed by atoms with Gasteiger partial charge in [-0.3, -0.25) is 0 Å². The second kappa shape index (κ2) is 3.56. The van der Waals surface area contributed by atoms with Crippen LogP contribution in [0.15, 0.2) is 11.4 Å². The van der Waals surface area contributed by atoms with E-state index in [1.54, 1.807) is 6.07 Å². The molecule has 0 amide bonds. The van der Waals surface area contributed by atoms with E-state index in [0.717, 1.165) is 13.0 Å². The molecule has 2 rings (SSSR count). The zero-order valence-electron chi connectivity index (χ0n) is 7.15. The molecule has 1 atom stereocenters. The molecule has 1 fully saturated rings. The van der Waals surface area contributed by atoms with Gasteiger partial charge in [0.05, 0.1) is 4.34 Å². The van der Waals surface area contributed by atoms with Gasteiger partial charge in [0, 0.05) is 12.1 Å². The molecule has 1 saturated heterocycles. The Bertz CT molecular complexity index is 294. The smallest absolute Gasteiger partial charge is 0.150 e. The molecule has 1 nitrogen and oxygen atoms in total. The van der Waals surface area contributed by atoms with Crippen LogP contribution in [0, 0.1) is 0 Å². The van der Waals surface area contributed by atoms with E-state index in [0.29, 0.717) is 22.9 Å². The van der Waals surface area contributed by atoms with Crippen molar-refractivity contribution in [2.24, 2.45) is 0 Å². The summed E-state index contributed by atoms with van der Waals surface area (Å²) in [4.78, 5) is 0. The standard InChI is InChI=1S/C9H11ClFNS/c10-8-7(2-5-13-8)9(11)3-1-4-12-6-9/h2,5,12H,1,3-4,6H2. The lowest BCUT2D eigenvalue weighted by atomic mass is 9.90. The third-order valence-electron chi connectivity index (χ3n) is 2.43. The molecule has 0 spiro atoms. The molecule has 0 bridgehead atoms. The maximum atomic E-state index is 14.3. The Morgan fingerprint density at radius 3 is 3.00 bits per heavy atom. The number of hydrogen-bond donors (Lipinski definition) is 1. The van der Waals surface area contributed by atoms with Gasteiger partial charge in [0.1, 0.15) is 0 Å². The van der Waals surface area contributed by atoms with Crippen molar-refractivity contribution in [3.8, 4) is 0 Å². The Labute approximate surface area is 85.9 Å². The predicted octanol–water partition coefficient (Wildman–Crippen LogP) is 2.95. The monoisotopic (exact) mass is 219 g/mol. The van der Waals surface area contributed by atoms with Gasteiger partial charge in [0.15, 0.2) is 5.67 Å². The summed E-state index contributed by atoms with van der Waals surface area (Å²) in [5.74, 6) is 0. The first-order chi connectivity index (χ1) is 6.22. The minimum absolute atomic E-state index is 0.392. The zero-order chi connectivity index (χ0) is 9.31. The molecule has 1 aliphatic rings. The van der Waals surface area contributed by atoms with Gasteiger partial charge in [-0.15, -0.1) is 11.3 Å². The van der Waals surface area contributed by atoms with Crippen LogP contribution in [0.25, 0.3) is 0 Å². The minimum atomic E-state index is -1.24. The Kier molecular flexibility index (Phi) is 2.58. The summed E-state index contributed by atoms with van der Waals surface area (Å²) in [5.41, 5.74) is -0.582. The van der Waals surface area contributed by atoms with Crippen molar-refractivity contribution >= 4 is 22.9 Å². The maximum Gasteiger partial charge on any atom is 0.150 e. The molecule has 1 aromatic heterocycles. The quantitative estimate of drug-likeness (QED) is 0.766. The summed E-state index contributed by atoms with van der Waals surface area (Å²) in [6.07, 6.45) is 1.46. The molecule has 0 aliphatic carbocycles. The van der Waals surface area contributed by atoms with Crippen LogP contribution < -0.4 is 5.32 Å². The third kappa shape index (κ3) is 1.73. The lowest BCUT2D eigenvalue weighted by molar-refractivity contribution is 0.122. The fraction of sp³-hybridized carbons (Fsp3) is 0.556. The molecule has 0 aromatic carbocycles. The molecule has 13 heavy (non-hydrogen) atoms. The van der Waals surface area contributed by atoms with E-state index in [-0.39, 0.29) is 0 Å². The Balaban J connectivity index is 2.27. The second-order valence-electron chi connectivity index (χ2n) is 3.35. The van der Waals surface area contributed by atoms with Gasteiger partial charge in [-0.05, 0) is 30.8 Å². The summed E-state index contributed by atoms with van der Waals surface area (Å²) >= 11 is 7.31. The fourth-order valence-electron chi connectivity index (χ4n) is 1.71. The highest BCUT2D eigenvalue weighted by Gasteiger charge is 2.35. The molecule has 4 heteroatoms. The van der Waals surface area contributed by atoms with E-state index in [9.17, 15) is 4.39 Å². The zero-order valence-corrected chi connectivity index (χ0v) is 8.72. The van der Waals surface area contributed by atoms with Crippen LogP contribution in [0.1, 0.15) is 18.4 Å². The highest BCUT2D eigenvalue weighted by molar-refractivity contribution is 7.14. The molecule has 2 heterocycles. The van der Waals surface area contributed by atoms with Gasteiger partial charge >= 0.3 is 0 Å². The number of piperidine rings is 1. The highest BCUT2D eigenvalue weighted by atomic mass is 35.5. The summed E-state index contributed by atoms with van der Waals surface area (Å²) in [6, 6.07) is 1.79. The molecule has 0 saturated carbocycles. The molecule has 1 N–H and O–H groups in total. The van der Waals surface area contributed by atoms with Gasteiger partial charge in [0.25, 0.3) is 0 Å². The summed E-state index contributed by atoms with van der Waals surface area (Å²) in [5, 5.41) is 4.90. The summed E-state index contributed by atoms with van der Waals surface area (Å²) < 4.78 is 14.8. The Hall–Kier alpha value is -0.120.